The van der Waals surface area contributed by atoms with Crippen LogP contribution in [0.4, 0.5) is 4.39 Å². The Morgan fingerprint density at radius 2 is 1.76 bits per heavy atom. The molecule has 4 rings (SSSR count). The lowest BCUT2D eigenvalue weighted by atomic mass is 9.87. The molecule has 0 aliphatic carbocycles. The van der Waals surface area contributed by atoms with E-state index in [1.54, 1.807) is 19.1 Å². The van der Waals surface area contributed by atoms with E-state index >= 15 is 0 Å². The zero-order valence-electron chi connectivity index (χ0n) is 22.2. The fourth-order valence-corrected chi connectivity index (χ4v) is 5.25. The number of hydrogen-bond donors (Lipinski definition) is 0. The largest absolute Gasteiger partial charge is 0.481 e. The van der Waals surface area contributed by atoms with Crippen molar-refractivity contribution in [1.82, 2.24) is 14.7 Å². The summed E-state index contributed by atoms with van der Waals surface area (Å²) in [4.78, 5) is 32.3. The molecule has 7 heteroatoms. The highest BCUT2D eigenvalue weighted by atomic mass is 19.1. The minimum absolute atomic E-state index is 0.0280. The summed E-state index contributed by atoms with van der Waals surface area (Å²) in [6.45, 7) is 14.1. The number of piperazine rings is 1. The molecule has 0 saturated carbocycles. The molecular formula is C30H38FN3O3. The van der Waals surface area contributed by atoms with Crippen molar-refractivity contribution in [2.45, 2.75) is 45.8 Å². The van der Waals surface area contributed by atoms with E-state index in [-0.39, 0.29) is 29.6 Å². The van der Waals surface area contributed by atoms with E-state index in [9.17, 15) is 14.0 Å². The van der Waals surface area contributed by atoms with Crippen molar-refractivity contribution >= 4 is 11.8 Å². The Morgan fingerprint density at radius 1 is 1.05 bits per heavy atom. The SMILES string of the molecule is C=CCN1CCN(C(=O)C(C)Oc2ccc3c(c2)C(c2ccc(F)cc2)N(C(=O)CC(C)C)CC3)CC1. The topological polar surface area (TPSA) is 53.1 Å². The number of benzene rings is 2. The van der Waals surface area contributed by atoms with Crippen molar-refractivity contribution in [3.8, 4) is 5.75 Å². The number of carbonyl (C=O) groups is 2. The molecule has 0 N–H and O–H groups in total. The number of amides is 2. The molecule has 2 unspecified atom stereocenters. The molecule has 2 atom stereocenters. The first kappa shape index (κ1) is 26.9. The summed E-state index contributed by atoms with van der Waals surface area (Å²) in [5.41, 5.74) is 2.95. The van der Waals surface area contributed by atoms with Crippen molar-refractivity contribution in [2.75, 3.05) is 39.3 Å². The van der Waals surface area contributed by atoms with Crippen LogP contribution in [0.15, 0.2) is 55.1 Å². The summed E-state index contributed by atoms with van der Waals surface area (Å²) in [6.07, 6.45) is 2.45. The molecule has 2 aromatic rings. The lowest BCUT2D eigenvalue weighted by Crippen LogP contribution is -2.51. The van der Waals surface area contributed by atoms with Gasteiger partial charge in [-0.25, -0.2) is 4.39 Å². The summed E-state index contributed by atoms with van der Waals surface area (Å²) >= 11 is 0. The Kier molecular flexibility index (Phi) is 8.64. The van der Waals surface area contributed by atoms with E-state index in [1.807, 2.05) is 47.9 Å². The number of ether oxygens (including phenoxy) is 1. The van der Waals surface area contributed by atoms with Crippen LogP contribution in [-0.4, -0.2) is 71.9 Å². The highest BCUT2D eigenvalue weighted by molar-refractivity contribution is 5.81. The molecular weight excluding hydrogens is 469 g/mol. The molecule has 0 aromatic heterocycles. The van der Waals surface area contributed by atoms with E-state index in [1.165, 1.54) is 12.1 Å². The quantitative estimate of drug-likeness (QED) is 0.496. The third-order valence-corrected chi connectivity index (χ3v) is 7.17. The van der Waals surface area contributed by atoms with E-state index in [0.29, 0.717) is 31.8 Å². The van der Waals surface area contributed by atoms with Crippen molar-refractivity contribution in [3.05, 3.63) is 77.6 Å². The van der Waals surface area contributed by atoms with Crippen molar-refractivity contribution in [2.24, 2.45) is 5.92 Å². The van der Waals surface area contributed by atoms with Gasteiger partial charge in [-0.1, -0.05) is 38.1 Å². The van der Waals surface area contributed by atoms with Gasteiger partial charge in [0.15, 0.2) is 6.10 Å². The standard InChI is InChI=1S/C30H38FN3O3/c1-5-13-32-15-17-33(18-16-32)30(36)22(4)37-26-11-8-23-12-14-34(28(35)19-21(2)3)29(27(23)20-26)24-6-9-25(31)10-7-24/h5-11,20-22,29H,1,12-19H2,2-4H3. The van der Waals surface area contributed by atoms with E-state index in [2.05, 4.69) is 11.5 Å². The minimum Gasteiger partial charge on any atom is -0.481 e. The molecule has 2 amide bonds. The second-order valence-electron chi connectivity index (χ2n) is 10.4. The van der Waals surface area contributed by atoms with Gasteiger partial charge in [-0.15, -0.1) is 6.58 Å². The summed E-state index contributed by atoms with van der Waals surface area (Å²) in [5, 5.41) is 0. The number of halogens is 1. The van der Waals surface area contributed by atoms with Gasteiger partial charge in [-0.2, -0.15) is 0 Å². The second kappa shape index (κ2) is 11.9. The van der Waals surface area contributed by atoms with E-state index in [0.717, 1.165) is 42.7 Å². The Labute approximate surface area is 219 Å². The Morgan fingerprint density at radius 3 is 2.41 bits per heavy atom. The van der Waals surface area contributed by atoms with Crippen LogP contribution in [0.2, 0.25) is 0 Å². The highest BCUT2D eigenvalue weighted by Crippen LogP contribution is 2.38. The average molecular weight is 508 g/mol. The first-order valence-corrected chi connectivity index (χ1v) is 13.2. The fourth-order valence-electron chi connectivity index (χ4n) is 5.25. The molecule has 2 heterocycles. The predicted octanol–water partition coefficient (Wildman–Crippen LogP) is 4.44. The third kappa shape index (κ3) is 6.39. The van der Waals surface area contributed by atoms with Gasteiger partial charge >= 0.3 is 0 Å². The maximum absolute atomic E-state index is 13.7. The van der Waals surface area contributed by atoms with Gasteiger partial charge in [-0.05, 0) is 60.2 Å². The number of hydrogen-bond acceptors (Lipinski definition) is 4. The van der Waals surface area contributed by atoms with Crippen LogP contribution < -0.4 is 4.74 Å². The Bertz CT molecular complexity index is 1110. The summed E-state index contributed by atoms with van der Waals surface area (Å²) < 4.78 is 19.9. The number of nitrogens with zero attached hydrogens (tertiary/aromatic N) is 3. The van der Waals surface area contributed by atoms with Crippen LogP contribution in [0.25, 0.3) is 0 Å². The first-order valence-electron chi connectivity index (χ1n) is 13.2. The molecule has 0 radical (unpaired) electrons. The third-order valence-electron chi connectivity index (χ3n) is 7.17. The molecule has 0 bridgehead atoms. The highest BCUT2D eigenvalue weighted by Gasteiger charge is 2.33. The lowest BCUT2D eigenvalue weighted by molar-refractivity contribution is -0.139. The average Bonchev–Trinajstić information content (AvgIpc) is 2.88. The first-order chi connectivity index (χ1) is 17.8. The van der Waals surface area contributed by atoms with Gasteiger partial charge in [0.25, 0.3) is 5.91 Å². The molecule has 2 aliphatic heterocycles. The van der Waals surface area contributed by atoms with Gasteiger partial charge in [0.2, 0.25) is 5.91 Å². The van der Waals surface area contributed by atoms with Gasteiger partial charge in [0.1, 0.15) is 11.6 Å². The smallest absolute Gasteiger partial charge is 0.263 e. The molecule has 1 saturated heterocycles. The number of fused-ring (bicyclic) bond motifs is 1. The van der Waals surface area contributed by atoms with Crippen LogP contribution in [0.5, 0.6) is 5.75 Å². The number of rotatable bonds is 8. The van der Waals surface area contributed by atoms with Gasteiger partial charge < -0.3 is 14.5 Å². The van der Waals surface area contributed by atoms with E-state index < -0.39 is 6.10 Å². The summed E-state index contributed by atoms with van der Waals surface area (Å²) in [6, 6.07) is 11.9. The van der Waals surface area contributed by atoms with Crippen LogP contribution in [0, 0.1) is 11.7 Å². The Balaban J connectivity index is 1.55. The lowest BCUT2D eigenvalue weighted by Gasteiger charge is -2.38. The number of carbonyl (C=O) groups excluding carboxylic acids is 2. The summed E-state index contributed by atoms with van der Waals surface area (Å²) in [5.74, 6) is 0.577. The van der Waals surface area contributed by atoms with Gasteiger partial charge in [0.05, 0.1) is 6.04 Å². The van der Waals surface area contributed by atoms with Crippen molar-refractivity contribution in [3.63, 3.8) is 0 Å². The maximum Gasteiger partial charge on any atom is 0.263 e. The molecule has 0 spiro atoms. The molecule has 198 valence electrons. The fraction of sp³-hybridized carbons (Fsp3) is 0.467. The van der Waals surface area contributed by atoms with Gasteiger partial charge in [0, 0.05) is 45.7 Å². The van der Waals surface area contributed by atoms with Crippen molar-refractivity contribution < 1.29 is 18.7 Å². The molecule has 6 nitrogen and oxygen atoms in total. The molecule has 2 aromatic carbocycles. The zero-order valence-corrected chi connectivity index (χ0v) is 22.2. The van der Waals surface area contributed by atoms with Crippen LogP contribution in [0.3, 0.4) is 0 Å². The predicted molar refractivity (Wildman–Crippen MR) is 143 cm³/mol. The molecule has 2 aliphatic rings. The van der Waals surface area contributed by atoms with Gasteiger partial charge in [-0.3, -0.25) is 14.5 Å². The molecule has 37 heavy (non-hydrogen) atoms. The van der Waals surface area contributed by atoms with Crippen LogP contribution in [-0.2, 0) is 16.0 Å². The van der Waals surface area contributed by atoms with Crippen LogP contribution in [0.1, 0.15) is 49.9 Å². The zero-order chi connectivity index (χ0) is 26.5. The minimum atomic E-state index is -0.629. The maximum atomic E-state index is 13.7. The van der Waals surface area contributed by atoms with Crippen LogP contribution >= 0.6 is 0 Å². The van der Waals surface area contributed by atoms with E-state index in [4.69, 9.17) is 4.74 Å². The molecule has 1 fully saturated rings. The van der Waals surface area contributed by atoms with Crippen molar-refractivity contribution in [1.29, 1.82) is 0 Å². The summed E-state index contributed by atoms with van der Waals surface area (Å²) in [7, 11) is 0. The second-order valence-corrected chi connectivity index (χ2v) is 10.4. The monoisotopic (exact) mass is 507 g/mol. The normalized spacial score (nSPS) is 18.9. The Hall–Kier alpha value is -3.19.